The average Bonchev–Trinajstić information content (AvgIpc) is 3.26. The van der Waals surface area contributed by atoms with Gasteiger partial charge in [0.1, 0.15) is 5.03 Å². The first-order chi connectivity index (χ1) is 21.1. The second-order valence-electron chi connectivity index (χ2n) is 10.8. The van der Waals surface area contributed by atoms with Crippen LogP contribution in [0.4, 0.5) is 11.4 Å². The summed E-state index contributed by atoms with van der Waals surface area (Å²) in [4.78, 5) is 28.2. The van der Waals surface area contributed by atoms with Gasteiger partial charge >= 0.3 is 0 Å². The molecule has 4 aromatic carbocycles. The molecule has 1 aliphatic heterocycles. The van der Waals surface area contributed by atoms with Crippen molar-refractivity contribution in [2.24, 2.45) is 0 Å². The number of para-hydroxylation sites is 1. The fourth-order valence-corrected chi connectivity index (χ4v) is 7.02. The number of fused-ring (bicyclic) bond motifs is 1. The lowest BCUT2D eigenvalue weighted by Gasteiger charge is -2.26. The van der Waals surface area contributed by atoms with Gasteiger partial charge < -0.3 is 10.6 Å². The Labute approximate surface area is 254 Å². The summed E-state index contributed by atoms with van der Waals surface area (Å²) in [5.74, 6) is 0.0790. The van der Waals surface area contributed by atoms with Crippen LogP contribution in [0.3, 0.4) is 0 Å². The van der Waals surface area contributed by atoms with Crippen LogP contribution in [0.2, 0.25) is 0 Å². The molecule has 7 heteroatoms. The number of aromatic nitrogens is 2. The summed E-state index contributed by atoms with van der Waals surface area (Å²) in [6.45, 7) is 2.01. The van der Waals surface area contributed by atoms with Gasteiger partial charge in [-0.1, -0.05) is 78.5 Å². The molecular formula is C36H30N4O2S. The molecular weight excluding hydrogens is 552 g/mol. The van der Waals surface area contributed by atoms with Crippen molar-refractivity contribution in [3.05, 3.63) is 143 Å². The minimum atomic E-state index is -0.456. The Morgan fingerprint density at radius 1 is 0.837 bits per heavy atom. The predicted molar refractivity (Wildman–Crippen MR) is 171 cm³/mol. The molecule has 0 saturated carbocycles. The Bertz CT molecular complexity index is 1860. The number of Topliss-reactive ketones (excluding diaryl/α,β-unsaturated/α-hetero) is 1. The molecule has 0 saturated heterocycles. The number of nitrogens with one attached hydrogen (secondary N) is 2. The number of benzene rings is 4. The highest BCUT2D eigenvalue weighted by Gasteiger charge is 2.36. The SMILES string of the molecule is Cc1nn(-c2ccccc2)c(Sc2ccccc2)c1C1Nc2cc(C(=O)c3ccccc3)ccc2NC2=C1C(=O)CCC2. The largest absolute Gasteiger partial charge is 0.372 e. The molecule has 6 nitrogen and oxygen atoms in total. The fourth-order valence-electron chi connectivity index (χ4n) is 5.90. The van der Waals surface area contributed by atoms with Crippen molar-refractivity contribution in [3.8, 4) is 5.69 Å². The zero-order valence-corrected chi connectivity index (χ0v) is 24.5. The number of nitrogens with zero attached hydrogens (tertiary/aromatic N) is 2. The first-order valence-electron chi connectivity index (χ1n) is 14.5. The number of aryl methyl sites for hydroxylation is 1. The van der Waals surface area contributed by atoms with E-state index >= 15 is 0 Å². The lowest BCUT2D eigenvalue weighted by molar-refractivity contribution is -0.116. The molecule has 0 amide bonds. The van der Waals surface area contributed by atoms with Crippen LogP contribution >= 0.6 is 11.8 Å². The number of ketones is 2. The van der Waals surface area contributed by atoms with Gasteiger partial charge in [0, 0.05) is 39.3 Å². The molecule has 212 valence electrons. The molecule has 0 spiro atoms. The first kappa shape index (κ1) is 27.0. The van der Waals surface area contributed by atoms with E-state index in [1.165, 1.54) is 0 Å². The maximum absolute atomic E-state index is 13.7. The van der Waals surface area contributed by atoms with E-state index in [4.69, 9.17) is 5.10 Å². The van der Waals surface area contributed by atoms with Crippen LogP contribution in [0, 0.1) is 6.92 Å². The molecule has 0 bridgehead atoms. The van der Waals surface area contributed by atoms with E-state index in [9.17, 15) is 9.59 Å². The van der Waals surface area contributed by atoms with Crippen molar-refractivity contribution in [1.82, 2.24) is 9.78 Å². The maximum Gasteiger partial charge on any atom is 0.193 e. The third-order valence-corrected chi connectivity index (χ3v) is 9.05. The summed E-state index contributed by atoms with van der Waals surface area (Å²) in [7, 11) is 0. The van der Waals surface area contributed by atoms with Gasteiger partial charge in [0.15, 0.2) is 11.6 Å². The number of carbonyl (C=O) groups is 2. The van der Waals surface area contributed by atoms with E-state index in [2.05, 4.69) is 22.8 Å². The third-order valence-electron chi connectivity index (χ3n) is 7.96. The monoisotopic (exact) mass is 582 g/mol. The second-order valence-corrected chi connectivity index (χ2v) is 11.9. The summed E-state index contributed by atoms with van der Waals surface area (Å²) < 4.78 is 1.98. The van der Waals surface area contributed by atoms with Crippen LogP contribution in [0.15, 0.2) is 130 Å². The van der Waals surface area contributed by atoms with E-state index in [1.54, 1.807) is 11.8 Å². The second kappa shape index (κ2) is 11.4. The third kappa shape index (κ3) is 5.17. The Morgan fingerprint density at radius 3 is 2.28 bits per heavy atom. The topological polar surface area (TPSA) is 76.0 Å². The lowest BCUT2D eigenvalue weighted by Crippen LogP contribution is -2.24. The molecule has 1 unspecified atom stereocenters. The van der Waals surface area contributed by atoms with Crippen molar-refractivity contribution in [1.29, 1.82) is 0 Å². The van der Waals surface area contributed by atoms with Gasteiger partial charge in [0.2, 0.25) is 0 Å². The zero-order chi connectivity index (χ0) is 29.3. The van der Waals surface area contributed by atoms with E-state index in [-0.39, 0.29) is 11.6 Å². The molecule has 2 N–H and O–H groups in total. The number of anilines is 2. The van der Waals surface area contributed by atoms with Crippen LogP contribution in [0.25, 0.3) is 5.69 Å². The summed E-state index contributed by atoms with van der Waals surface area (Å²) in [5.41, 5.74) is 7.24. The van der Waals surface area contributed by atoms with Crippen LogP contribution in [-0.2, 0) is 4.79 Å². The number of allylic oxidation sites excluding steroid dienone is 1. The zero-order valence-electron chi connectivity index (χ0n) is 23.7. The van der Waals surface area contributed by atoms with E-state index < -0.39 is 6.04 Å². The highest BCUT2D eigenvalue weighted by atomic mass is 32.2. The minimum absolute atomic E-state index is 0.0480. The van der Waals surface area contributed by atoms with Crippen LogP contribution in [-0.4, -0.2) is 21.3 Å². The molecule has 43 heavy (non-hydrogen) atoms. The van der Waals surface area contributed by atoms with Crippen molar-refractivity contribution in [3.63, 3.8) is 0 Å². The standard InChI is InChI=1S/C36H30N4O2S/c1-23-32(36(43-27-16-9-4-10-17-27)40(39-23)26-14-7-3-8-15-26)34-33-29(18-11-19-31(33)41)37-28-21-20-25(22-30(28)38-34)35(42)24-12-5-2-6-13-24/h2-10,12-17,20-22,34,37-38H,11,18-19H2,1H3. The Hall–Kier alpha value is -4.88. The van der Waals surface area contributed by atoms with Crippen LogP contribution < -0.4 is 10.6 Å². The number of rotatable bonds is 6. The molecule has 2 aliphatic rings. The van der Waals surface area contributed by atoms with Gasteiger partial charge in [-0.15, -0.1) is 0 Å². The summed E-state index contributed by atoms with van der Waals surface area (Å²) in [6.07, 6.45) is 2.07. The number of hydrogen-bond donors (Lipinski definition) is 2. The van der Waals surface area contributed by atoms with Gasteiger partial charge in [-0.25, -0.2) is 4.68 Å². The van der Waals surface area contributed by atoms with E-state index in [1.807, 2.05) is 109 Å². The molecule has 5 aromatic rings. The van der Waals surface area contributed by atoms with Crippen molar-refractivity contribution in [2.45, 2.75) is 42.1 Å². The molecule has 0 fully saturated rings. The first-order valence-corrected chi connectivity index (χ1v) is 15.3. The fraction of sp³-hybridized carbons (Fsp3) is 0.139. The highest BCUT2D eigenvalue weighted by molar-refractivity contribution is 7.99. The van der Waals surface area contributed by atoms with Crippen LogP contribution in [0.1, 0.15) is 52.5 Å². The molecule has 1 aromatic heterocycles. The summed E-state index contributed by atoms with van der Waals surface area (Å²) >= 11 is 1.64. The van der Waals surface area contributed by atoms with Gasteiger partial charge in [-0.2, -0.15) is 5.10 Å². The number of carbonyl (C=O) groups excluding carboxylic acids is 2. The minimum Gasteiger partial charge on any atom is -0.372 e. The highest BCUT2D eigenvalue weighted by Crippen LogP contribution is 2.46. The summed E-state index contributed by atoms with van der Waals surface area (Å²) in [6, 6.07) is 34.8. The Balaban J connectivity index is 1.40. The molecule has 7 rings (SSSR count). The molecule has 0 radical (unpaired) electrons. The van der Waals surface area contributed by atoms with Gasteiger partial charge in [-0.3, -0.25) is 9.59 Å². The van der Waals surface area contributed by atoms with E-state index in [0.29, 0.717) is 17.5 Å². The van der Waals surface area contributed by atoms with Gasteiger partial charge in [0.05, 0.1) is 28.8 Å². The maximum atomic E-state index is 13.7. The normalized spacial score (nSPS) is 16.0. The van der Waals surface area contributed by atoms with E-state index in [0.717, 1.165) is 62.4 Å². The quantitative estimate of drug-likeness (QED) is 0.197. The lowest BCUT2D eigenvalue weighted by atomic mass is 9.87. The smallest absolute Gasteiger partial charge is 0.193 e. The molecule has 2 heterocycles. The molecule has 1 aliphatic carbocycles. The molecule has 1 atom stereocenters. The Kier molecular flexibility index (Phi) is 7.17. The van der Waals surface area contributed by atoms with Crippen molar-refractivity contribution >= 4 is 34.7 Å². The average molecular weight is 583 g/mol. The predicted octanol–water partition coefficient (Wildman–Crippen LogP) is 8.15. The van der Waals surface area contributed by atoms with Crippen molar-refractivity contribution < 1.29 is 9.59 Å². The van der Waals surface area contributed by atoms with Gasteiger partial charge in [0.25, 0.3) is 0 Å². The summed E-state index contributed by atoms with van der Waals surface area (Å²) in [5, 5.41) is 13.3. The van der Waals surface area contributed by atoms with Crippen molar-refractivity contribution in [2.75, 3.05) is 10.6 Å². The van der Waals surface area contributed by atoms with Crippen LogP contribution in [0.5, 0.6) is 0 Å². The van der Waals surface area contributed by atoms with Gasteiger partial charge in [-0.05, 0) is 62.2 Å². The Morgan fingerprint density at radius 2 is 1.53 bits per heavy atom. The number of hydrogen-bond acceptors (Lipinski definition) is 6.